The molecule has 0 aliphatic heterocycles. The zero-order valence-corrected chi connectivity index (χ0v) is 53.3. The van der Waals surface area contributed by atoms with Gasteiger partial charge in [-0.1, -0.05) is 346 Å². The molecule has 98 heavy (non-hydrogen) atoms. The minimum Gasteiger partial charge on any atom is -0.208 e. The number of nitrogens with zero attached hydrogens (tertiary/aromatic N) is 6. The molecule has 0 spiro atoms. The Labute approximate surface area is 569 Å². The van der Waals surface area contributed by atoms with Crippen LogP contribution < -0.4 is 0 Å². The molecule has 0 radical (unpaired) electrons. The summed E-state index contributed by atoms with van der Waals surface area (Å²) in [7, 11) is 0. The summed E-state index contributed by atoms with van der Waals surface area (Å²) in [5, 5.41) is 0. The van der Waals surface area contributed by atoms with Gasteiger partial charge in [-0.15, -0.1) is 0 Å². The SMILES string of the molecule is c1ccc(-c2nc(-c3ccccc3)nc(-c3ccc(-c4ccc5c(c4)C(c4ccccc4)(c4ccccc4)c4cccc(-c6ccc(C7(c8ccccc8)c8ccccc8-c8ccc(-c9cccc(-c%10nc(-c%11ccccc%11)nc(-c%11ccccc%11)n%10)c9)cc87)cc6)c4-5)cc3)n2)cc1. The summed E-state index contributed by atoms with van der Waals surface area (Å²) in [5.41, 5.74) is 25.6. The van der Waals surface area contributed by atoms with E-state index < -0.39 is 10.8 Å². The topological polar surface area (TPSA) is 77.3 Å². The fraction of sp³-hybridized carbons (Fsp3) is 0.0217. The van der Waals surface area contributed by atoms with Crippen molar-refractivity contribution in [3.05, 3.63) is 408 Å². The molecule has 0 amide bonds. The lowest BCUT2D eigenvalue weighted by molar-refractivity contribution is 0.768. The molecule has 18 rings (SSSR count). The molecule has 2 aromatic heterocycles. The Bertz CT molecular complexity index is 5480. The van der Waals surface area contributed by atoms with E-state index in [1.54, 1.807) is 0 Å². The van der Waals surface area contributed by atoms with Gasteiger partial charge in [0.05, 0.1) is 10.8 Å². The van der Waals surface area contributed by atoms with E-state index in [1.807, 2.05) is 121 Å². The molecule has 458 valence electrons. The van der Waals surface area contributed by atoms with Crippen LogP contribution in [-0.4, -0.2) is 29.9 Å². The van der Waals surface area contributed by atoms with Crippen LogP contribution in [0.1, 0.15) is 44.5 Å². The van der Waals surface area contributed by atoms with Crippen molar-refractivity contribution in [3.8, 4) is 124 Å². The van der Waals surface area contributed by atoms with Crippen LogP contribution in [0, 0.1) is 0 Å². The first kappa shape index (κ1) is 57.7. The Kier molecular flexibility index (Phi) is 14.2. The second-order valence-corrected chi connectivity index (χ2v) is 25.2. The highest BCUT2D eigenvalue weighted by molar-refractivity contribution is 5.97. The molecule has 2 aliphatic carbocycles. The van der Waals surface area contributed by atoms with Gasteiger partial charge in [0.25, 0.3) is 0 Å². The number of hydrogen-bond acceptors (Lipinski definition) is 6. The number of benzene rings is 14. The highest BCUT2D eigenvalue weighted by atomic mass is 15.0. The largest absolute Gasteiger partial charge is 0.208 e. The van der Waals surface area contributed by atoms with E-state index in [0.717, 1.165) is 61.2 Å². The third kappa shape index (κ3) is 9.72. The first-order valence-corrected chi connectivity index (χ1v) is 33.3. The maximum atomic E-state index is 5.13. The summed E-state index contributed by atoms with van der Waals surface area (Å²) in [5.74, 6) is 3.77. The predicted octanol–water partition coefficient (Wildman–Crippen LogP) is 21.8. The van der Waals surface area contributed by atoms with E-state index in [-0.39, 0.29) is 0 Å². The van der Waals surface area contributed by atoms with Gasteiger partial charge in [0.15, 0.2) is 34.9 Å². The molecule has 2 aliphatic rings. The smallest absolute Gasteiger partial charge is 0.164 e. The van der Waals surface area contributed by atoms with Gasteiger partial charge < -0.3 is 0 Å². The normalized spacial score (nSPS) is 13.8. The average Bonchev–Trinajstić information content (AvgIpc) is 1.54. The van der Waals surface area contributed by atoms with Gasteiger partial charge in [0, 0.05) is 33.4 Å². The van der Waals surface area contributed by atoms with Crippen LogP contribution in [0.2, 0.25) is 0 Å². The van der Waals surface area contributed by atoms with Gasteiger partial charge in [0.1, 0.15) is 0 Å². The molecule has 0 bridgehead atoms. The zero-order chi connectivity index (χ0) is 65.0. The quantitative estimate of drug-likeness (QED) is 0.114. The molecular weight excluding hydrogens is 1190 g/mol. The van der Waals surface area contributed by atoms with Crippen molar-refractivity contribution in [2.24, 2.45) is 0 Å². The van der Waals surface area contributed by atoms with Gasteiger partial charge >= 0.3 is 0 Å². The third-order valence-electron chi connectivity index (χ3n) is 19.8. The molecule has 6 heteroatoms. The van der Waals surface area contributed by atoms with Crippen molar-refractivity contribution >= 4 is 0 Å². The second-order valence-electron chi connectivity index (χ2n) is 25.2. The number of aromatic nitrogens is 6. The van der Waals surface area contributed by atoms with Crippen LogP contribution in [0.15, 0.2) is 364 Å². The molecule has 0 fully saturated rings. The van der Waals surface area contributed by atoms with E-state index in [0.29, 0.717) is 34.9 Å². The number of hydrogen-bond donors (Lipinski definition) is 0. The number of rotatable bonds is 13. The van der Waals surface area contributed by atoms with Crippen molar-refractivity contribution in [1.29, 1.82) is 0 Å². The lowest BCUT2D eigenvalue weighted by Crippen LogP contribution is -2.28. The van der Waals surface area contributed by atoms with Crippen LogP contribution in [0.25, 0.3) is 124 Å². The highest BCUT2D eigenvalue weighted by Crippen LogP contribution is 2.60. The Morgan fingerprint density at radius 3 is 0.929 bits per heavy atom. The van der Waals surface area contributed by atoms with Crippen molar-refractivity contribution in [2.75, 3.05) is 0 Å². The monoisotopic (exact) mass is 1250 g/mol. The lowest BCUT2D eigenvalue weighted by atomic mass is 9.67. The maximum Gasteiger partial charge on any atom is 0.164 e. The van der Waals surface area contributed by atoms with E-state index in [4.69, 9.17) is 29.9 Å². The summed E-state index contributed by atoms with van der Waals surface area (Å²) >= 11 is 0. The predicted molar refractivity (Wildman–Crippen MR) is 397 cm³/mol. The minimum absolute atomic E-state index is 0.617. The Morgan fingerprint density at radius 2 is 0.439 bits per heavy atom. The number of fused-ring (bicyclic) bond motifs is 6. The Balaban J connectivity index is 0.757. The van der Waals surface area contributed by atoms with E-state index in [2.05, 4.69) is 243 Å². The summed E-state index contributed by atoms with van der Waals surface area (Å²) in [4.78, 5) is 30.4. The lowest BCUT2D eigenvalue weighted by Gasteiger charge is -2.34. The summed E-state index contributed by atoms with van der Waals surface area (Å²) < 4.78 is 0. The van der Waals surface area contributed by atoms with Gasteiger partial charge in [-0.2, -0.15) is 0 Å². The van der Waals surface area contributed by atoms with Crippen molar-refractivity contribution in [3.63, 3.8) is 0 Å². The average molecular weight is 1250 g/mol. The standard InChI is InChI=1S/C92H60N6/c1-8-26-63(27-9-1)85-93-86(64-28-10-2-11-29-64)96-89(95-85)67-48-46-61(47-49-67)69-53-57-79-83(59-69)92(73-38-18-6-19-39-73,74-40-20-7-21-41-74)81-45-25-43-76(84(79)81)62-50-54-75(55-51-62)91(72-36-16-5-17-37-72)80-44-23-22-42-77(80)78-56-52-70(60-82(78)91)68-34-24-35-71(58-68)90-97-87(65-30-12-3-13-31-65)94-88(98-90)66-32-14-4-15-33-66/h1-60H. The van der Waals surface area contributed by atoms with Gasteiger partial charge in [-0.3, -0.25) is 0 Å². The van der Waals surface area contributed by atoms with Gasteiger partial charge in [-0.05, 0) is 118 Å². The van der Waals surface area contributed by atoms with Crippen molar-refractivity contribution in [2.45, 2.75) is 10.8 Å². The van der Waals surface area contributed by atoms with Gasteiger partial charge in [-0.25, -0.2) is 29.9 Å². The van der Waals surface area contributed by atoms with Crippen LogP contribution in [0.4, 0.5) is 0 Å². The second kappa shape index (κ2) is 24.1. The first-order valence-electron chi connectivity index (χ1n) is 33.3. The van der Waals surface area contributed by atoms with Crippen molar-refractivity contribution in [1.82, 2.24) is 29.9 Å². The molecule has 0 N–H and O–H groups in total. The fourth-order valence-electron chi connectivity index (χ4n) is 15.3. The molecule has 0 saturated carbocycles. The van der Waals surface area contributed by atoms with Gasteiger partial charge in [0.2, 0.25) is 0 Å². The molecule has 1 atom stereocenters. The summed E-state index contributed by atoms with van der Waals surface area (Å²) in [6.45, 7) is 0. The summed E-state index contributed by atoms with van der Waals surface area (Å²) in [6.07, 6.45) is 0. The first-order chi connectivity index (χ1) is 48.6. The molecule has 1 unspecified atom stereocenters. The summed E-state index contributed by atoms with van der Waals surface area (Å²) in [6, 6.07) is 131. The molecule has 6 nitrogen and oxygen atoms in total. The highest BCUT2D eigenvalue weighted by Gasteiger charge is 2.49. The third-order valence-corrected chi connectivity index (χ3v) is 19.8. The van der Waals surface area contributed by atoms with Crippen LogP contribution in [-0.2, 0) is 10.8 Å². The maximum absolute atomic E-state index is 5.13. The Morgan fingerprint density at radius 1 is 0.153 bits per heavy atom. The molecule has 16 aromatic rings. The van der Waals surface area contributed by atoms with E-state index in [9.17, 15) is 0 Å². The van der Waals surface area contributed by atoms with Crippen LogP contribution >= 0.6 is 0 Å². The van der Waals surface area contributed by atoms with E-state index in [1.165, 1.54) is 72.3 Å². The van der Waals surface area contributed by atoms with Crippen LogP contribution in [0.5, 0.6) is 0 Å². The fourth-order valence-corrected chi connectivity index (χ4v) is 15.3. The zero-order valence-electron chi connectivity index (χ0n) is 53.3. The van der Waals surface area contributed by atoms with Crippen molar-refractivity contribution < 1.29 is 0 Å². The van der Waals surface area contributed by atoms with E-state index >= 15 is 0 Å². The van der Waals surface area contributed by atoms with Crippen LogP contribution in [0.3, 0.4) is 0 Å². The Hall–Kier alpha value is -12.9. The molecule has 14 aromatic carbocycles. The molecular formula is C92H60N6. The molecule has 2 heterocycles. The molecule has 0 saturated heterocycles. The minimum atomic E-state index is -0.667.